The zero-order valence-corrected chi connectivity index (χ0v) is 21.3. The monoisotopic (exact) mass is 503 g/mol. The number of rotatable bonds is 6. The van der Waals surface area contributed by atoms with Crippen molar-refractivity contribution >= 4 is 28.8 Å². The summed E-state index contributed by atoms with van der Waals surface area (Å²) in [5, 5.41) is 2.74. The normalized spacial score (nSPS) is 19.6. The molecule has 0 aromatic heterocycles. The fourth-order valence-corrected chi connectivity index (χ4v) is 5.54. The van der Waals surface area contributed by atoms with Crippen molar-refractivity contribution in [2.24, 2.45) is 4.99 Å². The molecule has 0 aliphatic carbocycles. The van der Waals surface area contributed by atoms with E-state index >= 15 is 0 Å². The minimum atomic E-state index is -0.430. The summed E-state index contributed by atoms with van der Waals surface area (Å²) in [7, 11) is 0. The fraction of sp³-hybridized carbons (Fsp3) is 0.321. The van der Waals surface area contributed by atoms with Crippen LogP contribution >= 0.6 is 11.8 Å². The third kappa shape index (κ3) is 5.10. The lowest BCUT2D eigenvalue weighted by Gasteiger charge is -2.37. The number of ether oxygens (including phenoxy) is 2. The number of esters is 1. The van der Waals surface area contributed by atoms with Gasteiger partial charge in [0.15, 0.2) is 5.17 Å². The minimum Gasteiger partial charge on any atom is -0.457 e. The van der Waals surface area contributed by atoms with E-state index in [1.165, 1.54) is 11.8 Å². The van der Waals surface area contributed by atoms with E-state index < -0.39 is 12.0 Å². The van der Waals surface area contributed by atoms with E-state index in [1.54, 1.807) is 0 Å². The molecule has 2 aromatic carbocycles. The van der Waals surface area contributed by atoms with Gasteiger partial charge >= 0.3 is 5.97 Å². The molecule has 8 heteroatoms. The van der Waals surface area contributed by atoms with Crippen molar-refractivity contribution in [1.29, 1.82) is 0 Å². The van der Waals surface area contributed by atoms with Crippen molar-refractivity contribution < 1.29 is 19.1 Å². The topological polar surface area (TPSA) is 71.4 Å². The van der Waals surface area contributed by atoms with Gasteiger partial charge in [-0.25, -0.2) is 9.79 Å². The van der Waals surface area contributed by atoms with E-state index in [9.17, 15) is 9.59 Å². The molecular formula is C28H29N3O4S. The third-order valence-corrected chi connectivity index (χ3v) is 7.41. The molecule has 5 rings (SSSR count). The summed E-state index contributed by atoms with van der Waals surface area (Å²) >= 11 is 1.48. The Labute approximate surface area is 215 Å². The second-order valence-electron chi connectivity index (χ2n) is 9.04. The average molecular weight is 504 g/mol. The van der Waals surface area contributed by atoms with Gasteiger partial charge < -0.3 is 19.3 Å². The first-order chi connectivity index (χ1) is 17.5. The molecule has 36 heavy (non-hydrogen) atoms. The van der Waals surface area contributed by atoms with E-state index in [2.05, 4.69) is 0 Å². The molecule has 3 heterocycles. The van der Waals surface area contributed by atoms with Crippen molar-refractivity contribution in [1.82, 2.24) is 9.80 Å². The number of aryl methyl sites for hydroxylation is 1. The van der Waals surface area contributed by atoms with E-state index in [0.717, 1.165) is 27.6 Å². The smallest absolute Gasteiger partial charge is 0.338 e. The summed E-state index contributed by atoms with van der Waals surface area (Å²) in [5.41, 5.74) is 4.96. The Morgan fingerprint density at radius 3 is 2.50 bits per heavy atom. The number of thioether (sulfide) groups is 1. The molecule has 7 nitrogen and oxygen atoms in total. The van der Waals surface area contributed by atoms with Crippen LogP contribution < -0.4 is 0 Å². The van der Waals surface area contributed by atoms with Gasteiger partial charge in [-0.05, 0) is 30.4 Å². The molecule has 1 amide bonds. The molecule has 3 aliphatic rings. The number of carbonyl (C=O) groups is 2. The highest BCUT2D eigenvalue weighted by molar-refractivity contribution is 8.16. The minimum absolute atomic E-state index is 0.0496. The number of carbonyl (C=O) groups excluding carboxylic acids is 2. The zero-order chi connectivity index (χ0) is 25.1. The molecule has 0 radical (unpaired) electrons. The maximum absolute atomic E-state index is 13.5. The number of morpholine rings is 1. The van der Waals surface area contributed by atoms with Crippen LogP contribution in [0.15, 0.2) is 82.0 Å². The second-order valence-corrected chi connectivity index (χ2v) is 9.87. The van der Waals surface area contributed by atoms with E-state index in [0.29, 0.717) is 37.6 Å². The number of nitrogens with zero attached hydrogens (tertiary/aromatic N) is 3. The Balaban J connectivity index is 1.45. The van der Waals surface area contributed by atoms with Crippen LogP contribution in [0.2, 0.25) is 0 Å². The average Bonchev–Trinajstić information content (AvgIpc) is 3.30. The number of benzene rings is 2. The first-order valence-electron chi connectivity index (χ1n) is 12.1. The lowest BCUT2D eigenvalue weighted by molar-refractivity contribution is -0.141. The lowest BCUT2D eigenvalue weighted by Crippen LogP contribution is -2.42. The van der Waals surface area contributed by atoms with Gasteiger partial charge in [-0.1, -0.05) is 71.9 Å². The molecule has 2 aromatic rings. The summed E-state index contributed by atoms with van der Waals surface area (Å²) in [6, 6.07) is 17.3. The summed E-state index contributed by atoms with van der Waals surface area (Å²) in [6.07, 6.45) is 0.236. The Morgan fingerprint density at radius 2 is 1.78 bits per heavy atom. The SMILES string of the molecule is CC1=C(C(=O)OCc2ccccc2)C(c2ccc(C)cc2)N2C(CC(=O)N3CCOCC3)=CSC2=N1. The summed E-state index contributed by atoms with van der Waals surface area (Å²) in [6.45, 7) is 6.37. The van der Waals surface area contributed by atoms with Gasteiger partial charge in [0.1, 0.15) is 6.61 Å². The first-order valence-corrected chi connectivity index (χ1v) is 13.0. The van der Waals surface area contributed by atoms with Gasteiger partial charge in [-0.15, -0.1) is 0 Å². The summed E-state index contributed by atoms with van der Waals surface area (Å²) in [5.74, 6) is -0.353. The fourth-order valence-electron chi connectivity index (χ4n) is 4.58. The number of hydrogen-bond acceptors (Lipinski definition) is 7. The molecule has 0 saturated carbocycles. The number of hydrogen-bond donors (Lipinski definition) is 0. The van der Waals surface area contributed by atoms with E-state index in [-0.39, 0.29) is 18.9 Å². The quantitative estimate of drug-likeness (QED) is 0.538. The van der Waals surface area contributed by atoms with Gasteiger partial charge in [-0.2, -0.15) is 0 Å². The Kier molecular flexibility index (Phi) is 7.25. The van der Waals surface area contributed by atoms with Crippen LogP contribution in [-0.4, -0.2) is 53.1 Å². The van der Waals surface area contributed by atoms with Gasteiger partial charge in [0.05, 0.1) is 36.9 Å². The second kappa shape index (κ2) is 10.7. The van der Waals surface area contributed by atoms with Crippen LogP contribution in [-0.2, 0) is 25.7 Å². The summed E-state index contributed by atoms with van der Waals surface area (Å²) < 4.78 is 11.2. The molecule has 186 valence electrons. The maximum atomic E-state index is 13.5. The third-order valence-electron chi connectivity index (χ3n) is 6.52. The Bertz CT molecular complexity index is 1230. The predicted molar refractivity (Wildman–Crippen MR) is 140 cm³/mol. The van der Waals surface area contributed by atoms with E-state index in [4.69, 9.17) is 14.5 Å². The number of fused-ring (bicyclic) bond motifs is 1. The predicted octanol–water partition coefficient (Wildman–Crippen LogP) is 4.56. The van der Waals surface area contributed by atoms with Gasteiger partial charge in [-0.3, -0.25) is 4.79 Å². The van der Waals surface area contributed by atoms with Crippen LogP contribution in [0.1, 0.15) is 36.1 Å². The maximum Gasteiger partial charge on any atom is 0.338 e. The molecule has 1 unspecified atom stereocenters. The first kappa shape index (κ1) is 24.3. The molecule has 3 aliphatic heterocycles. The van der Waals surface area contributed by atoms with Crippen LogP contribution in [0.5, 0.6) is 0 Å². The molecular weight excluding hydrogens is 474 g/mol. The molecule has 1 saturated heterocycles. The van der Waals surface area contributed by atoms with Gasteiger partial charge in [0, 0.05) is 18.8 Å². The molecule has 1 atom stereocenters. The van der Waals surface area contributed by atoms with Crippen LogP contribution in [0, 0.1) is 6.92 Å². The highest BCUT2D eigenvalue weighted by Crippen LogP contribution is 2.45. The molecule has 0 spiro atoms. The van der Waals surface area contributed by atoms with Crippen molar-refractivity contribution in [2.75, 3.05) is 26.3 Å². The zero-order valence-electron chi connectivity index (χ0n) is 20.5. The van der Waals surface area contributed by atoms with E-state index in [1.807, 2.05) is 83.7 Å². The molecule has 0 N–H and O–H groups in total. The lowest BCUT2D eigenvalue weighted by atomic mass is 9.93. The Morgan fingerprint density at radius 1 is 1.06 bits per heavy atom. The van der Waals surface area contributed by atoms with Crippen LogP contribution in [0.4, 0.5) is 0 Å². The van der Waals surface area contributed by atoms with Crippen molar-refractivity contribution in [3.63, 3.8) is 0 Å². The molecule has 0 bridgehead atoms. The number of aliphatic imine (C=N–C) groups is 1. The van der Waals surface area contributed by atoms with Crippen molar-refractivity contribution in [3.05, 3.63) is 93.7 Å². The molecule has 1 fully saturated rings. The van der Waals surface area contributed by atoms with Gasteiger partial charge in [0.25, 0.3) is 0 Å². The van der Waals surface area contributed by atoms with Crippen LogP contribution in [0.25, 0.3) is 0 Å². The number of amidine groups is 1. The number of allylic oxidation sites excluding steroid dienone is 1. The number of amides is 1. The van der Waals surface area contributed by atoms with Crippen molar-refractivity contribution in [3.8, 4) is 0 Å². The highest BCUT2D eigenvalue weighted by atomic mass is 32.2. The van der Waals surface area contributed by atoms with Gasteiger partial charge in [0.2, 0.25) is 5.91 Å². The van der Waals surface area contributed by atoms with Crippen LogP contribution in [0.3, 0.4) is 0 Å². The highest BCUT2D eigenvalue weighted by Gasteiger charge is 2.41. The standard InChI is InChI=1S/C28H29N3O4S/c1-19-8-10-22(11-9-19)26-25(27(33)35-17-21-6-4-3-5-7-21)20(2)29-28-31(26)23(18-36-28)16-24(32)30-12-14-34-15-13-30/h3-11,18,26H,12-17H2,1-2H3. The van der Waals surface area contributed by atoms with Crippen molar-refractivity contribution in [2.45, 2.75) is 32.9 Å². The largest absolute Gasteiger partial charge is 0.457 e. The summed E-state index contributed by atoms with van der Waals surface area (Å²) in [4.78, 5) is 35.2. The Hall–Kier alpha value is -3.36.